The van der Waals surface area contributed by atoms with Crippen molar-refractivity contribution in [2.45, 2.75) is 83.0 Å². The van der Waals surface area contributed by atoms with Gasteiger partial charge < -0.3 is 50.5 Å². The summed E-state index contributed by atoms with van der Waals surface area (Å²) in [6.45, 7) is 9.66. The van der Waals surface area contributed by atoms with Crippen molar-refractivity contribution >= 4 is 75.2 Å². The molecule has 21 heteroatoms. The molecule has 5 aromatic rings. The number of pyridine rings is 1. The van der Waals surface area contributed by atoms with E-state index in [1.54, 1.807) is 43.6 Å². The first-order valence-electron chi connectivity index (χ1n) is 21.1. The Kier molecular flexibility index (Phi) is 15.0. The number of nitrogens with two attached hydrogens (primary N) is 1. The van der Waals surface area contributed by atoms with E-state index in [4.69, 9.17) is 47.9 Å². The molecule has 1 aromatic carbocycles. The topological polar surface area (TPSA) is 226 Å². The van der Waals surface area contributed by atoms with Gasteiger partial charge in [0.2, 0.25) is 17.7 Å². The van der Waals surface area contributed by atoms with Gasteiger partial charge in [-0.05, 0) is 71.1 Å². The number of nitrogens with zero attached hydrogens (tertiary/aromatic N) is 7. The van der Waals surface area contributed by atoms with E-state index in [9.17, 15) is 14.4 Å². The second-order valence-electron chi connectivity index (χ2n) is 16.5. The number of hydrogen-bond acceptors (Lipinski definition) is 13. The van der Waals surface area contributed by atoms with Gasteiger partial charge in [0.1, 0.15) is 23.9 Å². The molecule has 2 atom stereocenters. The lowest BCUT2D eigenvalue weighted by Gasteiger charge is -2.24. The highest BCUT2D eigenvalue weighted by atomic mass is 35.5. The van der Waals surface area contributed by atoms with Crippen LogP contribution >= 0.6 is 23.2 Å². The van der Waals surface area contributed by atoms with E-state index < -0.39 is 23.8 Å². The van der Waals surface area contributed by atoms with Gasteiger partial charge in [-0.25, -0.2) is 29.1 Å². The molecule has 19 nitrogen and oxygen atoms in total. The number of nitrogens with one attached hydrogen (secondary N) is 4. The predicted octanol–water partition coefficient (Wildman–Crippen LogP) is 5.86. The Hall–Kier alpha value is -5.47. The number of amides is 4. The van der Waals surface area contributed by atoms with E-state index in [0.717, 1.165) is 42.5 Å². The number of alkyl carbamates (subject to hydrolysis) is 1. The minimum Gasteiger partial charge on any atom is -0.474 e. The number of ether oxygens (including phenoxy) is 4. The molecule has 1 aliphatic carbocycles. The summed E-state index contributed by atoms with van der Waals surface area (Å²) in [6.07, 6.45) is 6.06. The predicted molar refractivity (Wildman–Crippen MR) is 239 cm³/mol. The van der Waals surface area contributed by atoms with E-state index >= 15 is 0 Å². The number of rotatable bonds is 20. The first kappa shape index (κ1) is 45.6. The van der Waals surface area contributed by atoms with E-state index in [-0.39, 0.29) is 42.6 Å². The molecule has 7 rings (SSSR count). The number of urea groups is 1. The summed E-state index contributed by atoms with van der Waals surface area (Å²) in [6, 6.07) is 9.53. The van der Waals surface area contributed by atoms with Crippen molar-refractivity contribution in [2.24, 2.45) is 0 Å². The molecule has 4 aromatic heterocycles. The molecule has 63 heavy (non-hydrogen) atoms. The van der Waals surface area contributed by atoms with Gasteiger partial charge >= 0.3 is 12.1 Å². The number of carbonyl (C=O) groups excluding carboxylic acids is 3. The number of carbonyl (C=O) groups is 3. The summed E-state index contributed by atoms with van der Waals surface area (Å²) in [5, 5.41) is 16.5. The number of nitrogen functional groups attached to an aromatic ring is 1. The maximum Gasteiger partial charge on any atom is 0.408 e. The van der Waals surface area contributed by atoms with Gasteiger partial charge in [0.05, 0.1) is 60.1 Å². The normalized spacial score (nSPS) is 16.0. The minimum atomic E-state index is -0.791. The lowest BCUT2D eigenvalue weighted by molar-refractivity contribution is -0.124. The van der Waals surface area contributed by atoms with Gasteiger partial charge in [0.25, 0.3) is 0 Å². The van der Waals surface area contributed by atoms with Crippen LogP contribution in [0.5, 0.6) is 5.88 Å². The quantitative estimate of drug-likeness (QED) is 0.0578. The molecule has 0 spiro atoms. The molecule has 0 bridgehead atoms. The highest BCUT2D eigenvalue weighted by molar-refractivity contribution is 6.31. The summed E-state index contributed by atoms with van der Waals surface area (Å²) < 4.78 is 26.4. The molecule has 338 valence electrons. The number of hydrogen-bond donors (Lipinski definition) is 5. The molecule has 1 saturated carbocycles. The maximum absolute atomic E-state index is 13.5. The van der Waals surface area contributed by atoms with Crippen molar-refractivity contribution in [1.82, 2.24) is 44.7 Å². The zero-order valence-electron chi connectivity index (χ0n) is 35.6. The van der Waals surface area contributed by atoms with Crippen LogP contribution in [0.1, 0.15) is 64.5 Å². The van der Waals surface area contributed by atoms with Crippen LogP contribution in [0.2, 0.25) is 10.2 Å². The highest BCUT2D eigenvalue weighted by Crippen LogP contribution is 2.43. The molecule has 2 aliphatic rings. The lowest BCUT2D eigenvalue weighted by atomic mass is 10.1. The second-order valence-corrected chi connectivity index (χ2v) is 17.3. The standard InChI is InChI=1S/C42H54Cl2N12O7/c1-42(2,3)63-41(59)52-30(8-6-13-55-33-9-5-4-7-29(33)49-39(55)45)37(57)48-28-12-14-54(25-28)15-16-60-17-18-61-19-20-62-38-31(21-27(43)23-47-38)50-40(58)51-32-24-46-35-22-34(44)53-56(35)36(32)26-10-11-26/h4-5,7,9,21-24,26,28,30H,6,8,10-20,25H2,1-3H3,(H2,45,49)(H,48,57)(H,52,59)(H2,50,51,58)/t28-,30+/m1/s1. The molecule has 4 amide bonds. The molecule has 1 aliphatic heterocycles. The maximum atomic E-state index is 13.5. The fraction of sp³-hybridized carbons (Fsp3) is 0.500. The van der Waals surface area contributed by atoms with Crippen LogP contribution < -0.4 is 31.7 Å². The molecule has 0 radical (unpaired) electrons. The van der Waals surface area contributed by atoms with Crippen LogP contribution in [0.15, 0.2) is 48.8 Å². The number of imidazole rings is 1. The van der Waals surface area contributed by atoms with Gasteiger partial charge in [-0.1, -0.05) is 35.3 Å². The molecule has 1 saturated heterocycles. The van der Waals surface area contributed by atoms with Crippen LogP contribution in [0.25, 0.3) is 16.7 Å². The van der Waals surface area contributed by atoms with Crippen molar-refractivity contribution < 1.29 is 33.3 Å². The van der Waals surface area contributed by atoms with Crippen molar-refractivity contribution in [3.8, 4) is 5.88 Å². The molecular formula is C42H54Cl2N12O7. The van der Waals surface area contributed by atoms with Crippen molar-refractivity contribution in [1.29, 1.82) is 0 Å². The average Bonchev–Trinajstić information content (AvgIpc) is 3.71. The van der Waals surface area contributed by atoms with Gasteiger partial charge in [0, 0.05) is 50.4 Å². The molecule has 6 N–H and O–H groups in total. The summed E-state index contributed by atoms with van der Waals surface area (Å²) >= 11 is 12.3. The lowest BCUT2D eigenvalue weighted by Crippen LogP contribution is -2.51. The van der Waals surface area contributed by atoms with Crippen molar-refractivity contribution in [3.63, 3.8) is 0 Å². The third kappa shape index (κ3) is 12.8. The summed E-state index contributed by atoms with van der Waals surface area (Å²) in [5.41, 5.74) is 9.45. The summed E-state index contributed by atoms with van der Waals surface area (Å²) in [7, 11) is 0. The third-order valence-corrected chi connectivity index (χ3v) is 10.7. The number of benzene rings is 1. The van der Waals surface area contributed by atoms with Crippen LogP contribution in [-0.2, 0) is 25.5 Å². The Morgan fingerprint density at radius 3 is 2.49 bits per heavy atom. The first-order valence-corrected chi connectivity index (χ1v) is 21.8. The highest BCUT2D eigenvalue weighted by Gasteiger charge is 2.31. The SMILES string of the molecule is CC(C)(C)OC(=O)N[C@@H](CCCn1c(N)nc2ccccc21)C(=O)N[C@@H]1CCN(CCOCCOCCOc2ncc(Cl)cc2NC(=O)Nc2cnc3cc(Cl)nn3c2C2CC2)C1. The number of aryl methyl sites for hydroxylation is 1. The first-order chi connectivity index (χ1) is 30.3. The van der Waals surface area contributed by atoms with E-state index in [0.29, 0.717) is 79.8 Å². The number of para-hydroxylation sites is 2. The van der Waals surface area contributed by atoms with Crippen LogP contribution in [0, 0.1) is 0 Å². The molecule has 0 unspecified atom stereocenters. The van der Waals surface area contributed by atoms with Crippen molar-refractivity contribution in [3.05, 3.63) is 64.7 Å². The largest absolute Gasteiger partial charge is 0.474 e. The van der Waals surface area contributed by atoms with E-state index in [1.165, 1.54) is 6.20 Å². The zero-order valence-corrected chi connectivity index (χ0v) is 37.1. The molecule has 2 fully saturated rings. The zero-order chi connectivity index (χ0) is 44.5. The third-order valence-electron chi connectivity index (χ3n) is 10.3. The molecule has 5 heterocycles. The van der Waals surface area contributed by atoms with Gasteiger partial charge in [-0.3, -0.25) is 9.69 Å². The Balaban J connectivity index is 0.786. The van der Waals surface area contributed by atoms with Crippen molar-refractivity contribution in [2.75, 3.05) is 69.0 Å². The van der Waals surface area contributed by atoms with E-state index in [2.05, 4.69) is 46.2 Å². The summed E-state index contributed by atoms with van der Waals surface area (Å²) in [4.78, 5) is 54.6. The van der Waals surface area contributed by atoms with E-state index in [1.807, 2.05) is 28.8 Å². The van der Waals surface area contributed by atoms with Gasteiger partial charge in [-0.2, -0.15) is 5.10 Å². The second kappa shape index (κ2) is 20.8. The van der Waals surface area contributed by atoms with Gasteiger partial charge in [-0.15, -0.1) is 0 Å². The van der Waals surface area contributed by atoms with Crippen LogP contribution in [0.4, 0.5) is 26.9 Å². The number of halogens is 2. The fourth-order valence-corrected chi connectivity index (χ4v) is 7.68. The van der Waals surface area contributed by atoms with Crippen LogP contribution in [-0.4, -0.2) is 122 Å². The smallest absolute Gasteiger partial charge is 0.408 e. The number of likely N-dealkylation sites (tertiary alicyclic amines) is 1. The van der Waals surface area contributed by atoms with Crippen LogP contribution in [0.3, 0.4) is 0 Å². The number of aromatic nitrogens is 6. The Morgan fingerprint density at radius 1 is 0.937 bits per heavy atom. The monoisotopic (exact) mass is 908 g/mol. The Morgan fingerprint density at radius 2 is 1.70 bits per heavy atom. The summed E-state index contributed by atoms with van der Waals surface area (Å²) in [5.74, 6) is 0.572. The molecular weight excluding hydrogens is 855 g/mol. The van der Waals surface area contributed by atoms with Gasteiger partial charge in [0.15, 0.2) is 10.8 Å². The fourth-order valence-electron chi connectivity index (χ4n) is 7.35. The number of anilines is 3. The average molecular weight is 910 g/mol. The Bertz CT molecular complexity index is 2380. The Labute approximate surface area is 374 Å². The minimum absolute atomic E-state index is 0.0765. The number of fused-ring (bicyclic) bond motifs is 2.